The summed E-state index contributed by atoms with van der Waals surface area (Å²) in [6.07, 6.45) is 5.02. The maximum atomic E-state index is 12.1. The van der Waals surface area contributed by atoms with Gasteiger partial charge in [0.25, 0.3) is 0 Å². The van der Waals surface area contributed by atoms with E-state index in [9.17, 15) is 4.79 Å². The Balaban J connectivity index is 2.13. The Bertz CT molecular complexity index is 646. The largest absolute Gasteiger partial charge is 0.330 e. The zero-order valence-corrected chi connectivity index (χ0v) is 14.1. The van der Waals surface area contributed by atoms with Crippen LogP contribution in [0.1, 0.15) is 40.9 Å². The molecule has 0 spiro atoms. The number of amides is 1. The average Bonchev–Trinajstić information content (AvgIpc) is 2.97. The molecule has 0 atom stereocenters. The molecule has 0 bridgehead atoms. The van der Waals surface area contributed by atoms with Crippen LogP contribution in [0, 0.1) is 6.92 Å². The van der Waals surface area contributed by atoms with Crippen LogP contribution in [-0.4, -0.2) is 20.8 Å². The lowest BCUT2D eigenvalue weighted by molar-refractivity contribution is -0.127. The summed E-state index contributed by atoms with van der Waals surface area (Å²) in [5.74, 6) is 0.323. The Kier molecular flexibility index (Phi) is 5.44. The molecular weight excluding hydrogens is 294 g/mol. The number of pyridine rings is 1. The van der Waals surface area contributed by atoms with E-state index in [4.69, 9.17) is 0 Å². The maximum Gasteiger partial charge on any atom is 0.246 e. The molecule has 0 aromatic carbocycles. The van der Waals surface area contributed by atoms with Crippen molar-refractivity contribution in [2.75, 3.05) is 0 Å². The average molecular weight is 315 g/mol. The molecule has 4 nitrogen and oxygen atoms in total. The van der Waals surface area contributed by atoms with Crippen LogP contribution in [0.25, 0.3) is 0 Å². The first-order chi connectivity index (χ1) is 10.5. The van der Waals surface area contributed by atoms with E-state index in [0.29, 0.717) is 19.0 Å². The van der Waals surface area contributed by atoms with Gasteiger partial charge in [-0.3, -0.25) is 9.78 Å². The van der Waals surface area contributed by atoms with Crippen molar-refractivity contribution in [2.24, 2.45) is 0 Å². The molecule has 0 fully saturated rings. The topological polar surface area (TPSA) is 46.1 Å². The summed E-state index contributed by atoms with van der Waals surface area (Å²) < 4.78 is 0. The van der Waals surface area contributed by atoms with Gasteiger partial charge in [0.15, 0.2) is 0 Å². The minimum absolute atomic E-state index is 0.0833. The molecule has 0 unspecified atom stereocenters. The molecule has 0 radical (unpaired) electrons. The molecule has 0 N–H and O–H groups in total. The lowest BCUT2D eigenvalue weighted by Gasteiger charge is -2.20. The normalized spacial score (nSPS) is 10.7. The number of aromatic nitrogens is 2. The van der Waals surface area contributed by atoms with E-state index in [-0.39, 0.29) is 5.91 Å². The highest BCUT2D eigenvalue weighted by Gasteiger charge is 2.14. The third-order valence-corrected chi connectivity index (χ3v) is 4.53. The number of carbonyl (C=O) groups excluding carboxylic acids is 1. The molecule has 22 heavy (non-hydrogen) atoms. The summed E-state index contributed by atoms with van der Waals surface area (Å²) in [5.41, 5.74) is 1.98. The van der Waals surface area contributed by atoms with Crippen molar-refractivity contribution < 1.29 is 4.79 Å². The van der Waals surface area contributed by atoms with E-state index in [1.165, 1.54) is 6.08 Å². The van der Waals surface area contributed by atoms with Crippen LogP contribution in [0.4, 0.5) is 0 Å². The Labute approximate surface area is 135 Å². The predicted molar refractivity (Wildman–Crippen MR) is 89.6 cm³/mol. The molecule has 2 rings (SSSR count). The fourth-order valence-electron chi connectivity index (χ4n) is 2.00. The van der Waals surface area contributed by atoms with Gasteiger partial charge in [-0.2, -0.15) is 0 Å². The van der Waals surface area contributed by atoms with E-state index in [1.54, 1.807) is 16.2 Å². The third kappa shape index (κ3) is 4.24. The van der Waals surface area contributed by atoms with Gasteiger partial charge in [0.2, 0.25) is 5.91 Å². The van der Waals surface area contributed by atoms with E-state index in [1.807, 2.05) is 31.5 Å². The van der Waals surface area contributed by atoms with Crippen LogP contribution in [0.3, 0.4) is 0 Å². The van der Waals surface area contributed by atoms with Gasteiger partial charge >= 0.3 is 0 Å². The molecule has 0 saturated heterocycles. The fourth-order valence-corrected chi connectivity index (χ4v) is 2.94. The van der Waals surface area contributed by atoms with Crippen LogP contribution in [0.5, 0.6) is 0 Å². The summed E-state index contributed by atoms with van der Waals surface area (Å²) in [6.45, 7) is 10.8. The SMILES string of the molecule is C=CC(=O)N(Cc1ccc(C)nc1)Cc1cnc(C(C)C)s1. The standard InChI is InChI=1S/C17H21N3OS/c1-5-16(21)20(10-14-7-6-13(4)18-8-14)11-15-9-19-17(22-15)12(2)3/h5-9,12H,1,10-11H2,2-4H3. The van der Waals surface area contributed by atoms with Gasteiger partial charge in [0.1, 0.15) is 0 Å². The van der Waals surface area contributed by atoms with Gasteiger partial charge in [-0.15, -0.1) is 11.3 Å². The van der Waals surface area contributed by atoms with Crippen molar-refractivity contribution >= 4 is 17.2 Å². The van der Waals surface area contributed by atoms with E-state index in [0.717, 1.165) is 21.1 Å². The van der Waals surface area contributed by atoms with Crippen molar-refractivity contribution in [3.8, 4) is 0 Å². The summed E-state index contributed by atoms with van der Waals surface area (Å²) >= 11 is 1.66. The van der Waals surface area contributed by atoms with Crippen molar-refractivity contribution in [2.45, 2.75) is 39.8 Å². The van der Waals surface area contributed by atoms with Crippen LogP contribution in [0.2, 0.25) is 0 Å². The number of thiazole rings is 1. The highest BCUT2D eigenvalue weighted by molar-refractivity contribution is 7.11. The maximum absolute atomic E-state index is 12.1. The van der Waals surface area contributed by atoms with E-state index < -0.39 is 0 Å². The Hall–Kier alpha value is -2.01. The van der Waals surface area contributed by atoms with Crippen molar-refractivity contribution in [1.82, 2.24) is 14.9 Å². The second-order valence-electron chi connectivity index (χ2n) is 5.53. The zero-order chi connectivity index (χ0) is 16.1. The highest BCUT2D eigenvalue weighted by atomic mass is 32.1. The summed E-state index contributed by atoms with van der Waals surface area (Å²) in [6, 6.07) is 3.95. The Morgan fingerprint density at radius 3 is 2.64 bits per heavy atom. The second-order valence-corrected chi connectivity index (χ2v) is 6.67. The highest BCUT2D eigenvalue weighted by Crippen LogP contribution is 2.23. The molecule has 0 aliphatic carbocycles. The minimum atomic E-state index is -0.0833. The van der Waals surface area contributed by atoms with Gasteiger partial charge < -0.3 is 4.90 Å². The molecule has 0 aliphatic rings. The second kappa shape index (κ2) is 7.31. The monoisotopic (exact) mass is 315 g/mol. The van der Waals surface area contributed by atoms with Gasteiger partial charge in [-0.05, 0) is 24.6 Å². The predicted octanol–water partition coefficient (Wildman–Crippen LogP) is 3.68. The van der Waals surface area contributed by atoms with E-state index in [2.05, 4.69) is 30.4 Å². The van der Waals surface area contributed by atoms with Crippen LogP contribution >= 0.6 is 11.3 Å². The Morgan fingerprint density at radius 1 is 1.32 bits per heavy atom. The van der Waals surface area contributed by atoms with Crippen molar-refractivity contribution in [1.29, 1.82) is 0 Å². The minimum Gasteiger partial charge on any atom is -0.330 e. The van der Waals surface area contributed by atoms with Gasteiger partial charge in [-0.25, -0.2) is 4.98 Å². The lowest BCUT2D eigenvalue weighted by Crippen LogP contribution is -2.28. The van der Waals surface area contributed by atoms with E-state index >= 15 is 0 Å². The first-order valence-electron chi connectivity index (χ1n) is 7.27. The number of hydrogen-bond acceptors (Lipinski definition) is 4. The number of rotatable bonds is 6. The lowest BCUT2D eigenvalue weighted by atomic mass is 10.2. The molecule has 0 saturated carbocycles. The molecular formula is C17H21N3OS. The van der Waals surface area contributed by atoms with Crippen LogP contribution in [0.15, 0.2) is 37.2 Å². The first-order valence-corrected chi connectivity index (χ1v) is 8.08. The van der Waals surface area contributed by atoms with Crippen LogP contribution < -0.4 is 0 Å². The first kappa shape index (κ1) is 16.4. The number of hydrogen-bond donors (Lipinski definition) is 0. The van der Waals surface area contributed by atoms with Gasteiger partial charge in [-0.1, -0.05) is 26.5 Å². The summed E-state index contributed by atoms with van der Waals surface area (Å²) in [5, 5.41) is 1.10. The zero-order valence-electron chi connectivity index (χ0n) is 13.2. The number of aryl methyl sites for hydroxylation is 1. The quantitative estimate of drug-likeness (QED) is 0.764. The molecule has 1 amide bonds. The van der Waals surface area contributed by atoms with Gasteiger partial charge in [0.05, 0.1) is 11.6 Å². The third-order valence-electron chi connectivity index (χ3n) is 3.24. The number of nitrogens with zero attached hydrogens (tertiary/aromatic N) is 3. The smallest absolute Gasteiger partial charge is 0.246 e. The number of carbonyl (C=O) groups is 1. The fraction of sp³-hybridized carbons (Fsp3) is 0.353. The molecule has 2 aromatic rings. The van der Waals surface area contributed by atoms with Crippen LogP contribution in [-0.2, 0) is 17.9 Å². The molecule has 2 heterocycles. The molecule has 5 heteroatoms. The molecule has 0 aliphatic heterocycles. The summed E-state index contributed by atoms with van der Waals surface area (Å²) in [4.78, 5) is 23.6. The molecule has 2 aromatic heterocycles. The molecule has 116 valence electrons. The Morgan fingerprint density at radius 2 is 2.09 bits per heavy atom. The van der Waals surface area contributed by atoms with Crippen molar-refractivity contribution in [3.05, 3.63) is 58.3 Å². The summed E-state index contributed by atoms with van der Waals surface area (Å²) in [7, 11) is 0. The van der Waals surface area contributed by atoms with Crippen molar-refractivity contribution in [3.63, 3.8) is 0 Å². The van der Waals surface area contributed by atoms with Gasteiger partial charge in [0, 0.05) is 35.4 Å².